The molecule has 2 aromatic heterocycles. The highest BCUT2D eigenvalue weighted by Gasteiger charge is 2.20. The number of nitrogens with one attached hydrogen (secondary N) is 1. The van der Waals surface area contributed by atoms with Gasteiger partial charge in [-0.05, 0) is 24.6 Å². The number of phenolic OH excluding ortho intramolecular Hbond substituents is 1. The Hall–Kier alpha value is -2.82. The summed E-state index contributed by atoms with van der Waals surface area (Å²) < 4.78 is 5.09. The molecule has 3 rings (SSSR count). The Kier molecular flexibility index (Phi) is 3.78. The van der Waals surface area contributed by atoms with Gasteiger partial charge in [-0.25, -0.2) is 0 Å². The zero-order valence-electron chi connectivity index (χ0n) is 12.1. The average molecular weight is 296 g/mol. The van der Waals surface area contributed by atoms with Crippen LogP contribution in [0.15, 0.2) is 53.3 Å². The number of benzene rings is 1. The molecule has 22 heavy (non-hydrogen) atoms. The van der Waals surface area contributed by atoms with Crippen LogP contribution in [-0.2, 0) is 0 Å². The van der Waals surface area contributed by atoms with Gasteiger partial charge in [0.2, 0.25) is 0 Å². The largest absolute Gasteiger partial charge is 0.505 e. The predicted molar refractivity (Wildman–Crippen MR) is 82.6 cm³/mol. The summed E-state index contributed by atoms with van der Waals surface area (Å²) in [5, 5.41) is 14.2. The van der Waals surface area contributed by atoms with Gasteiger partial charge in [-0.15, -0.1) is 0 Å². The van der Waals surface area contributed by atoms with Crippen LogP contribution in [0.5, 0.6) is 5.75 Å². The maximum atomic E-state index is 12.1. The van der Waals surface area contributed by atoms with Crippen molar-refractivity contribution < 1.29 is 14.3 Å². The second-order valence-corrected chi connectivity index (χ2v) is 4.99. The van der Waals surface area contributed by atoms with E-state index in [4.69, 9.17) is 4.42 Å². The van der Waals surface area contributed by atoms with E-state index in [1.807, 2.05) is 31.2 Å². The van der Waals surface area contributed by atoms with E-state index in [1.165, 1.54) is 6.26 Å². The molecule has 0 aliphatic heterocycles. The van der Waals surface area contributed by atoms with Crippen LogP contribution in [0.25, 0.3) is 10.9 Å². The third-order valence-electron chi connectivity index (χ3n) is 3.61. The Morgan fingerprint density at radius 1 is 1.32 bits per heavy atom. The third-order valence-corrected chi connectivity index (χ3v) is 3.61. The van der Waals surface area contributed by atoms with Crippen LogP contribution < -0.4 is 5.32 Å². The fraction of sp³-hybridized carbons (Fsp3) is 0.176. The van der Waals surface area contributed by atoms with Crippen LogP contribution in [0, 0.1) is 0 Å². The molecule has 5 nitrogen and oxygen atoms in total. The van der Waals surface area contributed by atoms with Crippen molar-refractivity contribution in [3.05, 3.63) is 60.2 Å². The lowest BCUT2D eigenvalue weighted by Crippen LogP contribution is -2.27. The first-order valence-electron chi connectivity index (χ1n) is 7.11. The number of fused-ring (bicyclic) bond motifs is 1. The number of hydrogen-bond donors (Lipinski definition) is 2. The lowest BCUT2D eigenvalue weighted by Gasteiger charge is -2.18. The second kappa shape index (κ2) is 5.89. The molecule has 1 atom stereocenters. The third kappa shape index (κ3) is 2.53. The molecule has 2 heterocycles. The molecular formula is C17H16N2O3. The van der Waals surface area contributed by atoms with Crippen molar-refractivity contribution in [2.24, 2.45) is 0 Å². The van der Waals surface area contributed by atoms with Crippen molar-refractivity contribution in [1.82, 2.24) is 10.3 Å². The fourth-order valence-electron chi connectivity index (χ4n) is 2.46. The molecule has 0 aliphatic rings. The zero-order chi connectivity index (χ0) is 15.5. The molecule has 0 saturated heterocycles. The van der Waals surface area contributed by atoms with E-state index in [9.17, 15) is 9.90 Å². The molecule has 112 valence electrons. The average Bonchev–Trinajstić information content (AvgIpc) is 3.08. The summed E-state index contributed by atoms with van der Waals surface area (Å²) in [4.78, 5) is 16.3. The van der Waals surface area contributed by atoms with E-state index in [2.05, 4.69) is 10.3 Å². The van der Waals surface area contributed by atoms with Crippen LogP contribution in [-0.4, -0.2) is 16.0 Å². The van der Waals surface area contributed by atoms with Crippen molar-refractivity contribution in [1.29, 1.82) is 0 Å². The number of pyridine rings is 1. The van der Waals surface area contributed by atoms with Crippen LogP contribution in [0.2, 0.25) is 0 Å². The maximum Gasteiger partial charge on any atom is 0.287 e. The number of carbonyl (C=O) groups is 1. The Labute approximate surface area is 127 Å². The molecule has 3 aromatic rings. The molecule has 0 spiro atoms. The van der Waals surface area contributed by atoms with E-state index >= 15 is 0 Å². The maximum absolute atomic E-state index is 12.1. The van der Waals surface area contributed by atoms with E-state index in [-0.39, 0.29) is 23.5 Å². The van der Waals surface area contributed by atoms with Gasteiger partial charge in [0, 0.05) is 17.1 Å². The number of rotatable bonds is 4. The highest BCUT2D eigenvalue weighted by atomic mass is 16.3. The van der Waals surface area contributed by atoms with Gasteiger partial charge < -0.3 is 14.8 Å². The lowest BCUT2D eigenvalue weighted by molar-refractivity contribution is 0.0907. The van der Waals surface area contributed by atoms with Crippen molar-refractivity contribution in [3.63, 3.8) is 0 Å². The Balaban J connectivity index is 1.93. The number of phenols is 1. The molecule has 1 unspecified atom stereocenters. The van der Waals surface area contributed by atoms with E-state index in [0.717, 1.165) is 5.39 Å². The number of aromatic hydroxyl groups is 1. The minimum atomic E-state index is -0.316. The van der Waals surface area contributed by atoms with Crippen LogP contribution in [0.1, 0.15) is 35.5 Å². The molecule has 5 heteroatoms. The van der Waals surface area contributed by atoms with Gasteiger partial charge in [0.05, 0.1) is 12.3 Å². The van der Waals surface area contributed by atoms with Gasteiger partial charge in [-0.1, -0.05) is 25.1 Å². The summed E-state index contributed by atoms with van der Waals surface area (Å²) in [6.45, 7) is 1.94. The molecule has 0 bridgehead atoms. The Morgan fingerprint density at radius 2 is 2.18 bits per heavy atom. The highest BCUT2D eigenvalue weighted by molar-refractivity contribution is 5.92. The first-order valence-corrected chi connectivity index (χ1v) is 7.11. The molecule has 1 aromatic carbocycles. The molecule has 0 saturated carbocycles. The Morgan fingerprint density at radius 3 is 2.91 bits per heavy atom. The van der Waals surface area contributed by atoms with Gasteiger partial charge in [0.25, 0.3) is 5.91 Å². The van der Waals surface area contributed by atoms with Gasteiger partial charge in [-0.2, -0.15) is 0 Å². The molecule has 0 fully saturated rings. The molecule has 2 N–H and O–H groups in total. The van der Waals surface area contributed by atoms with Crippen molar-refractivity contribution in [2.45, 2.75) is 19.4 Å². The van der Waals surface area contributed by atoms with E-state index in [0.29, 0.717) is 17.5 Å². The summed E-state index contributed by atoms with van der Waals surface area (Å²) in [5.74, 6) is 0.0407. The lowest BCUT2D eigenvalue weighted by atomic mass is 10.0. The fourth-order valence-corrected chi connectivity index (χ4v) is 2.46. The minimum absolute atomic E-state index is 0.102. The topological polar surface area (TPSA) is 75.4 Å². The van der Waals surface area contributed by atoms with Gasteiger partial charge >= 0.3 is 0 Å². The minimum Gasteiger partial charge on any atom is -0.505 e. The number of nitrogens with zero attached hydrogens (tertiary/aromatic N) is 1. The molecular weight excluding hydrogens is 280 g/mol. The predicted octanol–water partition coefficient (Wildman–Crippen LogP) is 3.41. The quantitative estimate of drug-likeness (QED) is 0.773. The number of hydrogen-bond acceptors (Lipinski definition) is 4. The van der Waals surface area contributed by atoms with Crippen molar-refractivity contribution >= 4 is 16.8 Å². The standard InChI is InChI=1S/C17H16N2O3/c1-2-13(19-17(21)14-6-4-10-22-14)12-8-7-11-5-3-9-18-15(11)16(12)20/h3-10,13,20H,2H2,1H3,(H,19,21). The normalized spacial score (nSPS) is 12.2. The number of amides is 1. The Bertz CT molecular complexity index is 797. The zero-order valence-corrected chi connectivity index (χ0v) is 12.1. The summed E-state index contributed by atoms with van der Waals surface area (Å²) in [7, 11) is 0. The summed E-state index contributed by atoms with van der Waals surface area (Å²) in [6, 6.07) is 10.3. The first-order chi connectivity index (χ1) is 10.7. The smallest absolute Gasteiger partial charge is 0.287 e. The number of aromatic nitrogens is 1. The summed E-state index contributed by atoms with van der Waals surface area (Å²) >= 11 is 0. The second-order valence-electron chi connectivity index (χ2n) is 4.99. The SMILES string of the molecule is CCC(NC(=O)c1ccco1)c1ccc2cccnc2c1O. The van der Waals surface area contributed by atoms with Crippen molar-refractivity contribution in [3.8, 4) is 5.75 Å². The molecule has 1 amide bonds. The van der Waals surface area contributed by atoms with Crippen LogP contribution in [0.4, 0.5) is 0 Å². The molecule has 0 aliphatic carbocycles. The highest BCUT2D eigenvalue weighted by Crippen LogP contribution is 2.32. The van der Waals surface area contributed by atoms with Crippen LogP contribution >= 0.6 is 0 Å². The van der Waals surface area contributed by atoms with Gasteiger partial charge in [0.1, 0.15) is 11.3 Å². The van der Waals surface area contributed by atoms with Gasteiger partial charge in [0.15, 0.2) is 5.76 Å². The summed E-state index contributed by atoms with van der Waals surface area (Å²) in [5.41, 5.74) is 1.18. The summed E-state index contributed by atoms with van der Waals surface area (Å²) in [6.07, 6.45) is 3.72. The van der Waals surface area contributed by atoms with E-state index in [1.54, 1.807) is 18.3 Å². The number of carbonyl (C=O) groups excluding carboxylic acids is 1. The van der Waals surface area contributed by atoms with Crippen LogP contribution in [0.3, 0.4) is 0 Å². The molecule has 0 radical (unpaired) electrons. The van der Waals surface area contributed by atoms with Gasteiger partial charge in [-0.3, -0.25) is 9.78 Å². The van der Waals surface area contributed by atoms with E-state index < -0.39 is 0 Å². The number of furan rings is 1. The first kappa shape index (κ1) is 14.1. The monoisotopic (exact) mass is 296 g/mol. The van der Waals surface area contributed by atoms with Crippen molar-refractivity contribution in [2.75, 3.05) is 0 Å².